The number of carboxylic acid groups (broad SMARTS) is 1. The van der Waals surface area contributed by atoms with E-state index in [1.807, 2.05) is 0 Å². The number of carbonyl (C=O) groups is 3. The van der Waals surface area contributed by atoms with Gasteiger partial charge < -0.3 is 28.6 Å². The molecule has 2 atom stereocenters. The Hall–Kier alpha value is -2.19. The number of likely N-dealkylation sites (N-methyl/N-ethyl adjacent to an activating group) is 1. The topological polar surface area (TPSA) is 102 Å². The second-order valence-corrected chi connectivity index (χ2v) is 17.4. The molecule has 8 heteroatoms. The molecule has 0 aliphatic rings. The first-order chi connectivity index (χ1) is 27.6. The molecule has 0 saturated carbocycles. The molecule has 8 nitrogen and oxygen atoms in total. The van der Waals surface area contributed by atoms with Crippen LogP contribution in [-0.4, -0.2) is 75.5 Å². The number of unbranched alkanes of at least 4 members (excludes halogenated alkanes) is 26. The summed E-state index contributed by atoms with van der Waals surface area (Å²) >= 11 is 0. The van der Waals surface area contributed by atoms with Crippen LogP contribution in [0.1, 0.15) is 219 Å². The summed E-state index contributed by atoms with van der Waals surface area (Å²) in [6.07, 6.45) is 44.8. The molecule has 0 fully saturated rings. The molecule has 57 heavy (non-hydrogen) atoms. The summed E-state index contributed by atoms with van der Waals surface area (Å²) in [7, 11) is 5.42. The zero-order valence-corrected chi connectivity index (χ0v) is 38.0. The zero-order chi connectivity index (χ0) is 42.1. The van der Waals surface area contributed by atoms with Gasteiger partial charge in [-0.05, 0) is 38.5 Å². The number of allylic oxidation sites excluding steroid dienone is 4. The van der Waals surface area contributed by atoms with E-state index in [0.717, 1.165) is 38.5 Å². The van der Waals surface area contributed by atoms with Crippen molar-refractivity contribution in [1.29, 1.82) is 0 Å². The van der Waals surface area contributed by atoms with E-state index in [9.17, 15) is 19.5 Å². The van der Waals surface area contributed by atoms with Gasteiger partial charge in [0.25, 0.3) is 0 Å². The van der Waals surface area contributed by atoms with Crippen LogP contribution >= 0.6 is 0 Å². The molecule has 2 unspecified atom stereocenters. The highest BCUT2D eigenvalue weighted by Crippen LogP contribution is 2.15. The van der Waals surface area contributed by atoms with Gasteiger partial charge in [0.2, 0.25) is 0 Å². The van der Waals surface area contributed by atoms with Crippen LogP contribution in [0.15, 0.2) is 24.3 Å². The number of carboxylic acids is 1. The minimum atomic E-state index is -1.12. The Labute approximate surface area is 351 Å². The number of hydrogen-bond donors (Lipinski definition) is 0. The Bertz CT molecular complexity index is 989. The van der Waals surface area contributed by atoms with Crippen LogP contribution < -0.4 is 5.11 Å². The predicted octanol–water partition coefficient (Wildman–Crippen LogP) is 11.9. The van der Waals surface area contributed by atoms with Crippen LogP contribution in [0.4, 0.5) is 0 Å². The Kier molecular flexibility index (Phi) is 39.0. The largest absolute Gasteiger partial charge is 0.544 e. The molecule has 0 aromatic carbocycles. The Morgan fingerprint density at radius 3 is 1.33 bits per heavy atom. The fraction of sp³-hybridized carbons (Fsp3) is 0.857. The Morgan fingerprint density at radius 2 is 0.912 bits per heavy atom. The fourth-order valence-corrected chi connectivity index (χ4v) is 7.12. The number of ether oxygens (including phenoxy) is 3. The van der Waals surface area contributed by atoms with Gasteiger partial charge >= 0.3 is 11.9 Å². The number of hydrogen-bond acceptors (Lipinski definition) is 7. The first kappa shape index (κ1) is 54.8. The lowest BCUT2D eigenvalue weighted by atomic mass is 10.0. The molecular formula is C49H91NO7. The highest BCUT2D eigenvalue weighted by Gasteiger charge is 2.25. The molecule has 0 rings (SSSR count). The van der Waals surface area contributed by atoms with Crippen molar-refractivity contribution in [2.75, 3.05) is 41.0 Å². The molecule has 0 radical (unpaired) electrons. The van der Waals surface area contributed by atoms with Gasteiger partial charge in [0, 0.05) is 19.3 Å². The molecule has 0 bridgehead atoms. The minimum absolute atomic E-state index is 0.0436. The number of nitrogens with zero attached hydrogens (tertiary/aromatic N) is 1. The molecule has 0 N–H and O–H groups in total. The first-order valence-corrected chi connectivity index (χ1v) is 23.9. The number of carbonyl (C=O) groups excluding carboxylic acids is 3. The molecule has 0 aromatic heterocycles. The average Bonchev–Trinajstić information content (AvgIpc) is 3.17. The van der Waals surface area contributed by atoms with Crippen molar-refractivity contribution in [2.24, 2.45) is 0 Å². The van der Waals surface area contributed by atoms with E-state index in [4.69, 9.17) is 14.2 Å². The van der Waals surface area contributed by atoms with Crippen LogP contribution in [0.2, 0.25) is 0 Å². The van der Waals surface area contributed by atoms with Gasteiger partial charge in [-0.2, -0.15) is 0 Å². The molecule has 0 aliphatic carbocycles. The average molecular weight is 806 g/mol. The third kappa shape index (κ3) is 39.1. The molecule has 0 aliphatic heterocycles. The summed E-state index contributed by atoms with van der Waals surface area (Å²) < 4.78 is 17.2. The second kappa shape index (κ2) is 40.6. The van der Waals surface area contributed by atoms with Gasteiger partial charge in [-0.3, -0.25) is 9.59 Å². The maximum absolute atomic E-state index is 12.7. The summed E-state index contributed by atoms with van der Waals surface area (Å²) in [5, 5.41) is 11.6. The van der Waals surface area contributed by atoms with Gasteiger partial charge in [0.15, 0.2) is 6.10 Å². The molecule has 0 aromatic rings. The molecule has 334 valence electrons. The Morgan fingerprint density at radius 1 is 0.526 bits per heavy atom. The van der Waals surface area contributed by atoms with Crippen molar-refractivity contribution < 1.29 is 38.2 Å². The van der Waals surface area contributed by atoms with E-state index in [0.29, 0.717) is 12.8 Å². The summed E-state index contributed by atoms with van der Waals surface area (Å²) in [5.41, 5.74) is 0. The highest BCUT2D eigenvalue weighted by molar-refractivity contribution is 5.70. The van der Waals surface area contributed by atoms with Gasteiger partial charge in [-0.1, -0.05) is 186 Å². The maximum atomic E-state index is 12.7. The van der Waals surface area contributed by atoms with Crippen molar-refractivity contribution in [3.05, 3.63) is 24.3 Å². The highest BCUT2D eigenvalue weighted by atomic mass is 16.6. The van der Waals surface area contributed by atoms with E-state index in [1.165, 1.54) is 148 Å². The monoisotopic (exact) mass is 806 g/mol. The summed E-state index contributed by atoms with van der Waals surface area (Å²) in [6.45, 7) is 4.66. The normalized spacial score (nSPS) is 13.1. The lowest BCUT2D eigenvalue weighted by Crippen LogP contribution is -2.55. The lowest BCUT2D eigenvalue weighted by Gasteiger charge is -2.34. The van der Waals surface area contributed by atoms with E-state index in [-0.39, 0.29) is 42.7 Å². The van der Waals surface area contributed by atoms with Crippen molar-refractivity contribution in [3.63, 3.8) is 0 Å². The molecule has 0 heterocycles. The van der Waals surface area contributed by atoms with Gasteiger partial charge in [-0.15, -0.1) is 0 Å². The quantitative estimate of drug-likeness (QED) is 0.0262. The predicted molar refractivity (Wildman–Crippen MR) is 236 cm³/mol. The van der Waals surface area contributed by atoms with E-state index < -0.39 is 18.1 Å². The SMILES string of the molecule is CCCCCC/C=C/C=C/CCCCCCCCCCCCC(=O)OC(COCCC(C(=O)[O-])[N+](C)(C)C)COC(=O)CCCCCCCCCCCCCCC. The van der Waals surface area contributed by atoms with Crippen LogP contribution in [0.25, 0.3) is 0 Å². The van der Waals surface area contributed by atoms with Gasteiger partial charge in [0.1, 0.15) is 12.6 Å². The number of quaternary nitrogens is 1. The van der Waals surface area contributed by atoms with Crippen LogP contribution in [0.3, 0.4) is 0 Å². The summed E-state index contributed by atoms with van der Waals surface area (Å²) in [5.74, 6) is -1.73. The fourth-order valence-electron chi connectivity index (χ4n) is 7.12. The van der Waals surface area contributed by atoms with E-state index in [2.05, 4.69) is 38.2 Å². The van der Waals surface area contributed by atoms with Crippen LogP contribution in [-0.2, 0) is 28.6 Å². The maximum Gasteiger partial charge on any atom is 0.306 e. The third-order valence-corrected chi connectivity index (χ3v) is 10.9. The first-order valence-electron chi connectivity index (χ1n) is 23.9. The smallest absolute Gasteiger partial charge is 0.306 e. The van der Waals surface area contributed by atoms with Gasteiger partial charge in [-0.25, -0.2) is 0 Å². The number of esters is 2. The Balaban J connectivity index is 4.26. The molecule has 0 saturated heterocycles. The zero-order valence-electron chi connectivity index (χ0n) is 38.0. The standard InChI is InChI=1S/C49H91NO7/c1-6-8-10-12-14-16-18-20-21-22-23-24-25-26-28-30-32-34-36-38-40-48(52)57-45(43-55-42-41-46(49(53)54)50(3,4)5)44-56-47(51)39-37-35-33-31-29-27-19-17-15-13-11-9-7-2/h16,18,20-21,45-46H,6-15,17,19,22-44H2,1-5H3/b18-16+,21-20+. The van der Waals surface area contributed by atoms with Crippen molar-refractivity contribution in [2.45, 2.75) is 231 Å². The third-order valence-electron chi connectivity index (χ3n) is 10.9. The van der Waals surface area contributed by atoms with Crippen molar-refractivity contribution in [1.82, 2.24) is 0 Å². The number of rotatable bonds is 43. The van der Waals surface area contributed by atoms with Crippen LogP contribution in [0, 0.1) is 0 Å². The van der Waals surface area contributed by atoms with Crippen LogP contribution in [0.5, 0.6) is 0 Å². The van der Waals surface area contributed by atoms with Crippen molar-refractivity contribution in [3.8, 4) is 0 Å². The molecular weight excluding hydrogens is 715 g/mol. The van der Waals surface area contributed by atoms with Gasteiger partial charge in [0.05, 0.1) is 40.3 Å². The van der Waals surface area contributed by atoms with E-state index >= 15 is 0 Å². The van der Waals surface area contributed by atoms with Crippen molar-refractivity contribution >= 4 is 17.9 Å². The lowest BCUT2D eigenvalue weighted by molar-refractivity contribution is -0.889. The summed E-state index contributed by atoms with van der Waals surface area (Å²) in [4.78, 5) is 36.9. The second-order valence-electron chi connectivity index (χ2n) is 17.4. The molecule has 0 amide bonds. The van der Waals surface area contributed by atoms with E-state index in [1.54, 1.807) is 21.1 Å². The number of aliphatic carboxylic acids is 1. The minimum Gasteiger partial charge on any atom is -0.544 e. The molecule has 0 spiro atoms. The summed E-state index contributed by atoms with van der Waals surface area (Å²) in [6, 6.07) is -0.723.